The summed E-state index contributed by atoms with van der Waals surface area (Å²) in [5.74, 6) is 1.68. The molecule has 0 aromatic heterocycles. The molecule has 0 saturated heterocycles. The number of thioether (sulfide) groups is 1. The Labute approximate surface area is 184 Å². The Balaban J connectivity index is 2.06. The Morgan fingerprint density at radius 2 is 1.73 bits per heavy atom. The van der Waals surface area contributed by atoms with Crippen LogP contribution < -0.4 is 10.1 Å². The van der Waals surface area contributed by atoms with Gasteiger partial charge in [-0.25, -0.2) is 0 Å². The quantitative estimate of drug-likeness (QED) is 0.617. The lowest BCUT2D eigenvalue weighted by Crippen LogP contribution is -2.49. The summed E-state index contributed by atoms with van der Waals surface area (Å²) in [6, 6.07) is 15.3. The van der Waals surface area contributed by atoms with Crippen LogP contribution in [-0.4, -0.2) is 41.7 Å². The highest BCUT2D eigenvalue weighted by Crippen LogP contribution is 2.19. The van der Waals surface area contributed by atoms with Crippen LogP contribution in [0.2, 0.25) is 0 Å². The lowest BCUT2D eigenvalue weighted by atomic mass is 10.1. The Morgan fingerprint density at radius 3 is 2.33 bits per heavy atom. The number of hydrogen-bond acceptors (Lipinski definition) is 4. The SMILES string of the molecule is COc1ccc(CSCC(=O)N(Cc2ccccc2C)[C@@H](C)C(=O)NC(C)C)cc1. The van der Waals surface area contributed by atoms with Gasteiger partial charge in [0, 0.05) is 18.3 Å². The summed E-state index contributed by atoms with van der Waals surface area (Å²) in [7, 11) is 1.64. The Kier molecular flexibility index (Phi) is 9.24. The maximum absolute atomic E-state index is 13.1. The van der Waals surface area contributed by atoms with E-state index in [1.54, 1.807) is 30.7 Å². The zero-order valence-electron chi connectivity index (χ0n) is 18.5. The monoisotopic (exact) mass is 428 g/mol. The molecule has 2 aromatic carbocycles. The summed E-state index contributed by atoms with van der Waals surface area (Å²) >= 11 is 1.55. The smallest absolute Gasteiger partial charge is 0.242 e. The molecule has 5 nitrogen and oxygen atoms in total. The number of carbonyl (C=O) groups is 2. The number of ether oxygens (including phenoxy) is 1. The lowest BCUT2D eigenvalue weighted by Gasteiger charge is -2.30. The normalized spacial score (nSPS) is 11.8. The van der Waals surface area contributed by atoms with E-state index in [9.17, 15) is 9.59 Å². The maximum Gasteiger partial charge on any atom is 0.242 e. The van der Waals surface area contributed by atoms with E-state index < -0.39 is 6.04 Å². The molecule has 162 valence electrons. The van der Waals surface area contributed by atoms with Gasteiger partial charge in [-0.3, -0.25) is 9.59 Å². The second-order valence-corrected chi connectivity index (χ2v) is 8.61. The number of amides is 2. The van der Waals surface area contributed by atoms with Crippen molar-refractivity contribution in [2.24, 2.45) is 0 Å². The zero-order valence-corrected chi connectivity index (χ0v) is 19.3. The molecule has 0 saturated carbocycles. The molecular weight excluding hydrogens is 396 g/mol. The molecule has 0 heterocycles. The first-order valence-electron chi connectivity index (χ1n) is 10.2. The van der Waals surface area contributed by atoms with E-state index in [1.165, 1.54) is 0 Å². The predicted molar refractivity (Wildman–Crippen MR) is 124 cm³/mol. The molecule has 30 heavy (non-hydrogen) atoms. The van der Waals surface area contributed by atoms with Crippen molar-refractivity contribution in [3.05, 3.63) is 65.2 Å². The van der Waals surface area contributed by atoms with E-state index in [-0.39, 0.29) is 17.9 Å². The molecule has 6 heteroatoms. The van der Waals surface area contributed by atoms with E-state index in [2.05, 4.69) is 5.32 Å². The molecule has 0 spiro atoms. The highest BCUT2D eigenvalue weighted by molar-refractivity contribution is 7.99. The van der Waals surface area contributed by atoms with Gasteiger partial charge in [-0.1, -0.05) is 36.4 Å². The van der Waals surface area contributed by atoms with Crippen LogP contribution in [0.1, 0.15) is 37.5 Å². The molecule has 0 radical (unpaired) electrons. The molecule has 0 aliphatic carbocycles. The zero-order chi connectivity index (χ0) is 22.1. The Bertz CT molecular complexity index is 837. The van der Waals surface area contributed by atoms with Gasteiger partial charge < -0.3 is 15.0 Å². The van der Waals surface area contributed by atoms with Crippen LogP contribution in [0.5, 0.6) is 5.75 Å². The highest BCUT2D eigenvalue weighted by Gasteiger charge is 2.26. The summed E-state index contributed by atoms with van der Waals surface area (Å²) in [6.45, 7) is 8.07. The van der Waals surface area contributed by atoms with Crippen molar-refractivity contribution in [3.8, 4) is 5.75 Å². The van der Waals surface area contributed by atoms with Crippen LogP contribution >= 0.6 is 11.8 Å². The number of carbonyl (C=O) groups excluding carboxylic acids is 2. The van der Waals surface area contributed by atoms with Gasteiger partial charge in [-0.15, -0.1) is 11.8 Å². The van der Waals surface area contributed by atoms with Crippen molar-refractivity contribution in [1.29, 1.82) is 0 Å². The first-order valence-corrected chi connectivity index (χ1v) is 11.3. The second kappa shape index (κ2) is 11.6. The van der Waals surface area contributed by atoms with Gasteiger partial charge in [0.1, 0.15) is 11.8 Å². The van der Waals surface area contributed by atoms with E-state index in [0.29, 0.717) is 12.3 Å². The molecule has 0 aliphatic heterocycles. The van der Waals surface area contributed by atoms with Crippen LogP contribution in [-0.2, 0) is 21.9 Å². The van der Waals surface area contributed by atoms with Gasteiger partial charge in [0.2, 0.25) is 11.8 Å². The third-order valence-electron chi connectivity index (χ3n) is 4.85. The molecule has 0 unspecified atom stereocenters. The van der Waals surface area contributed by atoms with Crippen molar-refractivity contribution >= 4 is 23.6 Å². The van der Waals surface area contributed by atoms with Crippen molar-refractivity contribution in [1.82, 2.24) is 10.2 Å². The minimum Gasteiger partial charge on any atom is -0.497 e. The molecule has 2 rings (SSSR count). The molecule has 0 bridgehead atoms. The van der Waals surface area contributed by atoms with Crippen molar-refractivity contribution in [3.63, 3.8) is 0 Å². The van der Waals surface area contributed by atoms with Gasteiger partial charge >= 0.3 is 0 Å². The van der Waals surface area contributed by atoms with Crippen molar-refractivity contribution < 1.29 is 14.3 Å². The summed E-state index contributed by atoms with van der Waals surface area (Å²) in [6.07, 6.45) is 0. The molecule has 0 aliphatic rings. The number of hydrogen-bond donors (Lipinski definition) is 1. The topological polar surface area (TPSA) is 58.6 Å². The average Bonchev–Trinajstić information content (AvgIpc) is 2.72. The van der Waals surface area contributed by atoms with Crippen LogP contribution in [0.4, 0.5) is 0 Å². The predicted octanol–water partition coefficient (Wildman–Crippen LogP) is 4.18. The number of methoxy groups -OCH3 is 1. The summed E-state index contributed by atoms with van der Waals surface area (Å²) in [5, 5.41) is 2.92. The lowest BCUT2D eigenvalue weighted by molar-refractivity contribution is -0.138. The first kappa shape index (κ1) is 23.8. The van der Waals surface area contributed by atoms with Crippen LogP contribution in [0, 0.1) is 6.92 Å². The minimum atomic E-state index is -0.541. The van der Waals surface area contributed by atoms with Gasteiger partial charge in [0.15, 0.2) is 0 Å². The third-order valence-corrected chi connectivity index (χ3v) is 5.84. The van der Waals surface area contributed by atoms with Crippen molar-refractivity contribution in [2.45, 2.75) is 52.1 Å². The average molecular weight is 429 g/mol. The van der Waals surface area contributed by atoms with Gasteiger partial charge in [-0.2, -0.15) is 0 Å². The third kappa shape index (κ3) is 7.10. The Hall–Kier alpha value is -2.47. The first-order chi connectivity index (χ1) is 14.3. The number of aryl methyl sites for hydroxylation is 1. The second-order valence-electron chi connectivity index (χ2n) is 7.63. The largest absolute Gasteiger partial charge is 0.497 e. The number of benzene rings is 2. The van der Waals surface area contributed by atoms with E-state index in [0.717, 1.165) is 28.2 Å². The summed E-state index contributed by atoms with van der Waals surface area (Å²) in [4.78, 5) is 27.4. The van der Waals surface area contributed by atoms with Gasteiger partial charge in [-0.05, 0) is 56.5 Å². The van der Waals surface area contributed by atoms with Crippen LogP contribution in [0.3, 0.4) is 0 Å². The molecule has 1 N–H and O–H groups in total. The van der Waals surface area contributed by atoms with E-state index in [4.69, 9.17) is 4.74 Å². The molecule has 2 amide bonds. The maximum atomic E-state index is 13.1. The molecular formula is C24H32N2O3S. The fourth-order valence-corrected chi connectivity index (χ4v) is 3.89. The van der Waals surface area contributed by atoms with Crippen LogP contribution in [0.25, 0.3) is 0 Å². The fourth-order valence-electron chi connectivity index (χ4n) is 3.02. The highest BCUT2D eigenvalue weighted by atomic mass is 32.2. The minimum absolute atomic E-state index is 0.0276. The van der Waals surface area contributed by atoms with E-state index in [1.807, 2.05) is 69.3 Å². The van der Waals surface area contributed by atoms with Gasteiger partial charge in [0.05, 0.1) is 12.9 Å². The fraction of sp³-hybridized carbons (Fsp3) is 0.417. The molecule has 0 fully saturated rings. The summed E-state index contributed by atoms with van der Waals surface area (Å²) < 4.78 is 5.18. The molecule has 2 aromatic rings. The Morgan fingerprint density at radius 1 is 1.07 bits per heavy atom. The number of nitrogens with one attached hydrogen (secondary N) is 1. The summed E-state index contributed by atoms with van der Waals surface area (Å²) in [5.41, 5.74) is 3.29. The molecule has 1 atom stereocenters. The van der Waals surface area contributed by atoms with Gasteiger partial charge in [0.25, 0.3) is 0 Å². The van der Waals surface area contributed by atoms with E-state index >= 15 is 0 Å². The van der Waals surface area contributed by atoms with Crippen molar-refractivity contribution in [2.75, 3.05) is 12.9 Å². The standard InChI is InChI=1S/C24H32N2O3S/c1-17(2)25-24(28)19(4)26(14-21-9-7-6-8-18(21)3)23(27)16-30-15-20-10-12-22(29-5)13-11-20/h6-13,17,19H,14-16H2,1-5H3,(H,25,28)/t19-/m0/s1. The van der Waals surface area contributed by atoms with Crippen LogP contribution in [0.15, 0.2) is 48.5 Å². The number of rotatable bonds is 10. The number of nitrogens with zero attached hydrogens (tertiary/aromatic N) is 1.